The van der Waals surface area contributed by atoms with Crippen LogP contribution < -0.4 is 5.32 Å². The molecule has 2 rings (SSSR count). The minimum absolute atomic E-state index is 0.0213. The molecule has 0 bridgehead atoms. The molecule has 0 unspecified atom stereocenters. The number of esters is 1. The minimum atomic E-state index is -0.424. The Bertz CT molecular complexity index is 664. The molecule has 0 aliphatic rings. The quantitative estimate of drug-likeness (QED) is 0.686. The van der Waals surface area contributed by atoms with Crippen molar-refractivity contribution >= 4 is 29.2 Å². The highest BCUT2D eigenvalue weighted by molar-refractivity contribution is 6.29. The largest absolute Gasteiger partial charge is 0.468 e. The van der Waals surface area contributed by atoms with Crippen LogP contribution in [-0.2, 0) is 16.1 Å². The SMILES string of the molecule is COC(=O)Cn1cc(NC(=O)c2cc(C)nc(Cl)c2)cn1. The minimum Gasteiger partial charge on any atom is -0.468 e. The van der Waals surface area contributed by atoms with Crippen LogP contribution in [0.25, 0.3) is 0 Å². The van der Waals surface area contributed by atoms with Crippen LogP contribution in [0, 0.1) is 6.92 Å². The average Bonchev–Trinajstić information content (AvgIpc) is 2.84. The molecule has 0 atom stereocenters. The topological polar surface area (TPSA) is 86.1 Å². The Morgan fingerprint density at radius 1 is 1.43 bits per heavy atom. The maximum atomic E-state index is 12.1. The lowest BCUT2D eigenvalue weighted by atomic mass is 10.2. The molecule has 110 valence electrons. The van der Waals surface area contributed by atoms with Gasteiger partial charge >= 0.3 is 5.97 Å². The summed E-state index contributed by atoms with van der Waals surface area (Å²) in [7, 11) is 1.30. The number of methoxy groups -OCH3 is 1. The van der Waals surface area contributed by atoms with E-state index in [0.717, 1.165) is 0 Å². The Labute approximate surface area is 125 Å². The Morgan fingerprint density at radius 3 is 2.86 bits per heavy atom. The van der Waals surface area contributed by atoms with Crippen LogP contribution in [0.3, 0.4) is 0 Å². The predicted molar refractivity (Wildman–Crippen MR) is 76.2 cm³/mol. The standard InChI is InChI=1S/C13H13ClN4O3/c1-8-3-9(4-11(14)16-8)13(20)17-10-5-15-18(6-10)7-12(19)21-2/h3-6H,7H2,1-2H3,(H,17,20). The van der Waals surface area contributed by atoms with E-state index < -0.39 is 5.97 Å². The summed E-state index contributed by atoms with van der Waals surface area (Å²) < 4.78 is 5.90. The molecule has 2 aromatic heterocycles. The number of ether oxygens (including phenoxy) is 1. The highest BCUT2D eigenvalue weighted by Gasteiger charge is 2.10. The summed E-state index contributed by atoms with van der Waals surface area (Å²) in [6, 6.07) is 3.10. The number of nitrogens with zero attached hydrogens (tertiary/aromatic N) is 3. The second-order valence-corrected chi connectivity index (χ2v) is 4.66. The van der Waals surface area contributed by atoms with Crippen molar-refractivity contribution in [1.29, 1.82) is 0 Å². The third kappa shape index (κ3) is 4.03. The number of carbonyl (C=O) groups excluding carboxylic acids is 2. The van der Waals surface area contributed by atoms with Crippen molar-refractivity contribution in [2.45, 2.75) is 13.5 Å². The van der Waals surface area contributed by atoms with Gasteiger partial charge in [0, 0.05) is 17.5 Å². The van der Waals surface area contributed by atoms with Gasteiger partial charge in [0.15, 0.2) is 0 Å². The zero-order chi connectivity index (χ0) is 15.4. The van der Waals surface area contributed by atoms with E-state index in [4.69, 9.17) is 11.6 Å². The Balaban J connectivity index is 2.07. The average molecular weight is 309 g/mol. The molecule has 21 heavy (non-hydrogen) atoms. The second-order valence-electron chi connectivity index (χ2n) is 4.28. The van der Waals surface area contributed by atoms with E-state index >= 15 is 0 Å². The molecule has 0 aliphatic heterocycles. The number of amides is 1. The van der Waals surface area contributed by atoms with Gasteiger partial charge in [-0.2, -0.15) is 5.10 Å². The number of halogens is 1. The van der Waals surface area contributed by atoms with Crippen molar-refractivity contribution in [3.8, 4) is 0 Å². The van der Waals surface area contributed by atoms with Crippen molar-refractivity contribution in [3.05, 3.63) is 40.9 Å². The van der Waals surface area contributed by atoms with E-state index in [2.05, 4.69) is 20.1 Å². The van der Waals surface area contributed by atoms with Gasteiger partial charge in [0.1, 0.15) is 11.7 Å². The summed E-state index contributed by atoms with van der Waals surface area (Å²) in [5.41, 5.74) is 1.51. The molecule has 1 N–H and O–H groups in total. The fraction of sp³-hybridized carbons (Fsp3) is 0.231. The van der Waals surface area contributed by atoms with Crippen LogP contribution in [0.4, 0.5) is 5.69 Å². The number of aromatic nitrogens is 3. The number of pyridine rings is 1. The number of hydrogen-bond acceptors (Lipinski definition) is 5. The van der Waals surface area contributed by atoms with Crippen LogP contribution >= 0.6 is 11.6 Å². The molecule has 2 aromatic rings. The molecule has 8 heteroatoms. The molecule has 0 saturated heterocycles. The lowest BCUT2D eigenvalue weighted by molar-refractivity contribution is -0.141. The number of hydrogen-bond donors (Lipinski definition) is 1. The highest BCUT2D eigenvalue weighted by atomic mass is 35.5. The normalized spacial score (nSPS) is 10.2. The second kappa shape index (κ2) is 6.36. The van der Waals surface area contributed by atoms with Gasteiger partial charge in [-0.1, -0.05) is 11.6 Å². The van der Waals surface area contributed by atoms with Gasteiger partial charge in [-0.15, -0.1) is 0 Å². The number of carbonyl (C=O) groups is 2. The molecule has 0 aliphatic carbocycles. The first kappa shape index (κ1) is 15.0. The van der Waals surface area contributed by atoms with Crippen molar-refractivity contribution in [1.82, 2.24) is 14.8 Å². The first-order valence-electron chi connectivity index (χ1n) is 6.03. The van der Waals surface area contributed by atoms with Crippen LogP contribution in [0.5, 0.6) is 0 Å². The predicted octanol–water partition coefficient (Wildman–Crippen LogP) is 1.67. The number of aryl methyl sites for hydroxylation is 1. The van der Waals surface area contributed by atoms with Gasteiger partial charge in [0.05, 0.1) is 19.0 Å². The van der Waals surface area contributed by atoms with Gasteiger partial charge in [-0.25, -0.2) is 4.98 Å². The van der Waals surface area contributed by atoms with Crippen LogP contribution in [0.2, 0.25) is 5.15 Å². The summed E-state index contributed by atoms with van der Waals surface area (Å²) in [5.74, 6) is -0.757. The monoisotopic (exact) mass is 308 g/mol. The maximum Gasteiger partial charge on any atom is 0.327 e. The summed E-state index contributed by atoms with van der Waals surface area (Å²) in [6.07, 6.45) is 2.97. The van der Waals surface area contributed by atoms with Crippen LogP contribution in [0.1, 0.15) is 16.1 Å². The molecule has 0 fully saturated rings. The number of rotatable bonds is 4. The van der Waals surface area contributed by atoms with E-state index in [9.17, 15) is 9.59 Å². The number of anilines is 1. The molecule has 0 aromatic carbocycles. The highest BCUT2D eigenvalue weighted by Crippen LogP contribution is 2.13. The Kier molecular flexibility index (Phi) is 4.54. The van der Waals surface area contributed by atoms with Crippen LogP contribution in [0.15, 0.2) is 24.5 Å². The first-order valence-corrected chi connectivity index (χ1v) is 6.40. The number of nitrogens with one attached hydrogen (secondary N) is 1. The van der Waals surface area contributed by atoms with Gasteiger partial charge in [0.2, 0.25) is 0 Å². The van der Waals surface area contributed by atoms with E-state index in [0.29, 0.717) is 16.9 Å². The lowest BCUT2D eigenvalue weighted by Crippen LogP contribution is -2.13. The van der Waals surface area contributed by atoms with E-state index in [1.54, 1.807) is 13.0 Å². The molecule has 0 spiro atoms. The van der Waals surface area contributed by atoms with Gasteiger partial charge in [-0.05, 0) is 19.1 Å². The summed E-state index contributed by atoms with van der Waals surface area (Å²) in [4.78, 5) is 27.2. The smallest absolute Gasteiger partial charge is 0.327 e. The van der Waals surface area contributed by atoms with Gasteiger partial charge < -0.3 is 10.1 Å². The first-order chi connectivity index (χ1) is 9.97. The van der Waals surface area contributed by atoms with Crippen molar-refractivity contribution in [2.24, 2.45) is 0 Å². The molecule has 1 amide bonds. The molecule has 0 radical (unpaired) electrons. The van der Waals surface area contributed by atoms with Crippen molar-refractivity contribution in [3.63, 3.8) is 0 Å². The Morgan fingerprint density at radius 2 is 2.19 bits per heavy atom. The van der Waals surface area contributed by atoms with E-state index in [-0.39, 0.29) is 17.6 Å². The van der Waals surface area contributed by atoms with Crippen molar-refractivity contribution in [2.75, 3.05) is 12.4 Å². The molecular formula is C13H13ClN4O3. The summed E-state index contributed by atoms with van der Waals surface area (Å²) in [5, 5.41) is 6.86. The zero-order valence-electron chi connectivity index (χ0n) is 11.5. The molecular weight excluding hydrogens is 296 g/mol. The van der Waals surface area contributed by atoms with Gasteiger partial charge in [-0.3, -0.25) is 14.3 Å². The summed E-state index contributed by atoms with van der Waals surface area (Å²) >= 11 is 5.82. The molecule has 0 saturated carbocycles. The van der Waals surface area contributed by atoms with Crippen molar-refractivity contribution < 1.29 is 14.3 Å². The fourth-order valence-corrected chi connectivity index (χ4v) is 1.92. The zero-order valence-corrected chi connectivity index (χ0v) is 12.2. The third-order valence-electron chi connectivity index (χ3n) is 2.59. The van der Waals surface area contributed by atoms with E-state index in [1.165, 1.54) is 30.3 Å². The maximum absolute atomic E-state index is 12.1. The van der Waals surface area contributed by atoms with E-state index in [1.807, 2.05) is 0 Å². The summed E-state index contributed by atoms with van der Waals surface area (Å²) in [6.45, 7) is 1.73. The lowest BCUT2D eigenvalue weighted by Gasteiger charge is -2.04. The van der Waals surface area contributed by atoms with Crippen LogP contribution in [-0.4, -0.2) is 33.8 Å². The molecule has 7 nitrogen and oxygen atoms in total. The van der Waals surface area contributed by atoms with Gasteiger partial charge in [0.25, 0.3) is 5.91 Å². The molecule has 2 heterocycles. The third-order valence-corrected chi connectivity index (χ3v) is 2.79. The fourth-order valence-electron chi connectivity index (χ4n) is 1.67. The Hall–Kier alpha value is -2.41.